The molecule has 6 unspecified atom stereocenters. The van der Waals surface area contributed by atoms with Gasteiger partial charge in [0.05, 0.1) is 26.4 Å². The number of aliphatic hydroxyl groups excluding tert-OH is 1. The molecule has 92 heavy (non-hydrogen) atoms. The molecule has 0 aliphatic heterocycles. The minimum atomic E-state index is -4.95. The maximum absolute atomic E-state index is 13.0. The van der Waals surface area contributed by atoms with Crippen molar-refractivity contribution in [3.8, 4) is 0 Å². The molecule has 0 aromatic rings. The van der Waals surface area contributed by atoms with Gasteiger partial charge >= 0.3 is 39.5 Å². The van der Waals surface area contributed by atoms with Crippen molar-refractivity contribution in [1.82, 2.24) is 0 Å². The standard InChI is InChI=1S/C73H142O17P2/c1-9-64(6)50-42-34-26-18-16-14-12-13-15-17-19-30-39-47-55-72(77)89-69(60-84-71(76)54-46-38-32-24-25-33-41-49-63(4)5)62-88-92(81,82)86-58-67(74)57-85-91(79,80)87-61-68(90-73(78)56-48-40-31-23-21-28-36-44-52-66(8)11-3)59-83-70(75)53-45-37-29-22-20-27-35-43-51-65(7)10-2/h63-69,74H,9-62H2,1-8H3,(H,79,80)(H,81,82)/t64?,65?,66?,67?,68-,69-/m1/s1. The minimum Gasteiger partial charge on any atom is -0.462 e. The van der Waals surface area contributed by atoms with Crippen LogP contribution in [0.1, 0.15) is 364 Å². The van der Waals surface area contributed by atoms with E-state index in [1.807, 2.05) is 0 Å². The number of hydrogen-bond acceptors (Lipinski definition) is 15. The Kier molecular flexibility index (Phi) is 61.3. The molecular formula is C73H142O17P2. The molecule has 0 aliphatic rings. The third-order valence-electron chi connectivity index (χ3n) is 17.9. The van der Waals surface area contributed by atoms with Gasteiger partial charge in [0.15, 0.2) is 12.2 Å². The second-order valence-electron chi connectivity index (χ2n) is 27.5. The van der Waals surface area contributed by atoms with E-state index in [1.54, 1.807) is 0 Å². The number of phosphoric acid groups is 2. The van der Waals surface area contributed by atoms with Gasteiger partial charge in [-0.2, -0.15) is 0 Å². The molecule has 0 fully saturated rings. The summed E-state index contributed by atoms with van der Waals surface area (Å²) >= 11 is 0. The molecule has 0 aromatic heterocycles. The van der Waals surface area contributed by atoms with E-state index in [-0.39, 0.29) is 25.7 Å². The molecule has 17 nitrogen and oxygen atoms in total. The summed E-state index contributed by atoms with van der Waals surface area (Å²) in [5, 5.41) is 10.6. The highest BCUT2D eigenvalue weighted by molar-refractivity contribution is 7.47. The van der Waals surface area contributed by atoms with Gasteiger partial charge in [-0.3, -0.25) is 37.3 Å². The molecule has 3 N–H and O–H groups in total. The largest absolute Gasteiger partial charge is 0.472 e. The molecule has 0 rings (SSSR count). The molecule has 0 aromatic carbocycles. The highest BCUT2D eigenvalue weighted by Crippen LogP contribution is 2.45. The zero-order valence-corrected chi connectivity index (χ0v) is 62.0. The molecule has 0 saturated heterocycles. The van der Waals surface area contributed by atoms with Crippen molar-refractivity contribution < 1.29 is 80.2 Å². The lowest BCUT2D eigenvalue weighted by Gasteiger charge is -2.21. The number of unbranched alkanes of at least 4 members (excludes halogenated alkanes) is 33. The lowest BCUT2D eigenvalue weighted by Crippen LogP contribution is -2.30. The van der Waals surface area contributed by atoms with E-state index >= 15 is 0 Å². The van der Waals surface area contributed by atoms with Gasteiger partial charge in [-0.05, 0) is 49.4 Å². The monoisotopic (exact) mass is 1350 g/mol. The van der Waals surface area contributed by atoms with Gasteiger partial charge in [0.2, 0.25) is 0 Å². The summed E-state index contributed by atoms with van der Waals surface area (Å²) in [6.45, 7) is 14.2. The Labute approximate surface area is 562 Å². The van der Waals surface area contributed by atoms with E-state index in [4.69, 9.17) is 37.0 Å². The zero-order valence-electron chi connectivity index (χ0n) is 60.2. The van der Waals surface area contributed by atoms with E-state index in [9.17, 15) is 43.2 Å². The van der Waals surface area contributed by atoms with Gasteiger partial charge in [-0.15, -0.1) is 0 Å². The van der Waals surface area contributed by atoms with Crippen LogP contribution in [0.15, 0.2) is 0 Å². The van der Waals surface area contributed by atoms with Crippen LogP contribution < -0.4 is 0 Å². The molecule has 0 heterocycles. The highest BCUT2D eigenvalue weighted by Gasteiger charge is 2.30. The molecule has 0 spiro atoms. The number of aliphatic hydroxyl groups is 1. The van der Waals surface area contributed by atoms with Crippen LogP contribution in [0.2, 0.25) is 0 Å². The van der Waals surface area contributed by atoms with Crippen LogP contribution in [0.25, 0.3) is 0 Å². The quantitative estimate of drug-likeness (QED) is 0.0222. The summed E-state index contributed by atoms with van der Waals surface area (Å²) in [7, 11) is -9.91. The first-order valence-electron chi connectivity index (χ1n) is 37.8. The second-order valence-corrected chi connectivity index (χ2v) is 30.4. The van der Waals surface area contributed by atoms with Gasteiger partial charge in [-0.1, -0.05) is 312 Å². The number of phosphoric ester groups is 2. The third kappa shape index (κ3) is 62.8. The Morgan fingerprint density at radius 2 is 0.522 bits per heavy atom. The fraction of sp³-hybridized carbons (Fsp3) is 0.945. The average Bonchev–Trinajstić information content (AvgIpc) is 2.93. The van der Waals surface area contributed by atoms with Crippen LogP contribution in [0, 0.1) is 23.7 Å². The zero-order chi connectivity index (χ0) is 68.2. The topological polar surface area (TPSA) is 237 Å². The number of esters is 4. The molecule has 0 amide bonds. The van der Waals surface area contributed by atoms with Crippen molar-refractivity contribution >= 4 is 39.5 Å². The number of carbonyl (C=O) groups is 4. The summed E-state index contributed by atoms with van der Waals surface area (Å²) in [5.74, 6) is 0.970. The fourth-order valence-corrected chi connectivity index (χ4v) is 12.5. The lowest BCUT2D eigenvalue weighted by molar-refractivity contribution is -0.161. The number of carbonyl (C=O) groups excluding carboxylic acids is 4. The molecule has 8 atom stereocenters. The van der Waals surface area contributed by atoms with E-state index in [1.165, 1.54) is 161 Å². The molecular weight excluding hydrogens is 1210 g/mol. The van der Waals surface area contributed by atoms with E-state index in [2.05, 4.69) is 55.4 Å². The Bertz CT molecular complexity index is 1820. The molecule has 0 aliphatic carbocycles. The van der Waals surface area contributed by atoms with Gasteiger partial charge in [0, 0.05) is 25.7 Å². The van der Waals surface area contributed by atoms with Crippen LogP contribution >= 0.6 is 15.6 Å². The lowest BCUT2D eigenvalue weighted by atomic mass is 9.99. The van der Waals surface area contributed by atoms with Crippen molar-refractivity contribution in [2.75, 3.05) is 39.6 Å². The predicted molar refractivity (Wildman–Crippen MR) is 372 cm³/mol. The van der Waals surface area contributed by atoms with Crippen molar-refractivity contribution in [2.45, 2.75) is 382 Å². The van der Waals surface area contributed by atoms with Crippen LogP contribution in [-0.2, 0) is 65.4 Å². The van der Waals surface area contributed by atoms with Crippen molar-refractivity contribution in [2.24, 2.45) is 23.7 Å². The van der Waals surface area contributed by atoms with Crippen LogP contribution in [0.4, 0.5) is 0 Å². The van der Waals surface area contributed by atoms with Gasteiger partial charge in [0.1, 0.15) is 19.3 Å². The van der Waals surface area contributed by atoms with Crippen LogP contribution in [-0.4, -0.2) is 96.7 Å². The summed E-state index contributed by atoms with van der Waals surface area (Å²) in [5.41, 5.74) is 0. The van der Waals surface area contributed by atoms with E-state index in [0.717, 1.165) is 114 Å². The van der Waals surface area contributed by atoms with Crippen LogP contribution in [0.3, 0.4) is 0 Å². The Morgan fingerprint density at radius 3 is 0.772 bits per heavy atom. The summed E-state index contributed by atoms with van der Waals surface area (Å²) < 4.78 is 68.4. The van der Waals surface area contributed by atoms with E-state index < -0.39 is 97.5 Å². The summed E-state index contributed by atoms with van der Waals surface area (Å²) in [6, 6.07) is 0. The van der Waals surface area contributed by atoms with Gasteiger partial charge in [0.25, 0.3) is 0 Å². The fourth-order valence-electron chi connectivity index (χ4n) is 10.9. The number of rotatable bonds is 70. The Hall–Kier alpha value is -1.94. The predicted octanol–water partition coefficient (Wildman–Crippen LogP) is 20.9. The highest BCUT2D eigenvalue weighted by atomic mass is 31.2. The van der Waals surface area contributed by atoms with Crippen molar-refractivity contribution in [1.29, 1.82) is 0 Å². The number of hydrogen-bond donors (Lipinski definition) is 3. The maximum Gasteiger partial charge on any atom is 0.472 e. The van der Waals surface area contributed by atoms with Gasteiger partial charge in [-0.25, -0.2) is 9.13 Å². The Morgan fingerprint density at radius 1 is 0.304 bits per heavy atom. The SMILES string of the molecule is CCC(C)CCCCCCCCCCCCCCCCC(=O)O[C@H](COC(=O)CCCCCCCCCC(C)C)COP(=O)(O)OCC(O)COP(=O)(O)OC[C@@H](COC(=O)CCCCCCCCCCC(C)CC)OC(=O)CCCCCCCCCCC(C)CC. The number of ether oxygens (including phenoxy) is 4. The normalized spacial score (nSPS) is 15.1. The molecule has 0 saturated carbocycles. The minimum absolute atomic E-state index is 0.104. The first-order chi connectivity index (χ1) is 44.2. The summed E-state index contributed by atoms with van der Waals surface area (Å²) in [6.07, 6.45) is 45.7. The Balaban J connectivity index is 5.24. The molecule has 546 valence electrons. The smallest absolute Gasteiger partial charge is 0.462 e. The average molecular weight is 1350 g/mol. The molecule has 0 bridgehead atoms. The summed E-state index contributed by atoms with van der Waals surface area (Å²) in [4.78, 5) is 72.7. The van der Waals surface area contributed by atoms with Crippen molar-refractivity contribution in [3.05, 3.63) is 0 Å². The van der Waals surface area contributed by atoms with Gasteiger partial charge < -0.3 is 33.8 Å². The van der Waals surface area contributed by atoms with Crippen LogP contribution in [0.5, 0.6) is 0 Å². The van der Waals surface area contributed by atoms with E-state index in [0.29, 0.717) is 31.6 Å². The van der Waals surface area contributed by atoms with Crippen molar-refractivity contribution in [3.63, 3.8) is 0 Å². The third-order valence-corrected chi connectivity index (χ3v) is 19.8. The second kappa shape index (κ2) is 62.6. The maximum atomic E-state index is 13.0. The first kappa shape index (κ1) is 90.1. The first-order valence-corrected chi connectivity index (χ1v) is 40.8. The molecule has 19 heteroatoms. The molecule has 0 radical (unpaired) electrons.